The van der Waals surface area contributed by atoms with E-state index in [4.69, 9.17) is 4.98 Å². The molecule has 3 aromatic rings. The Morgan fingerprint density at radius 3 is 2.96 bits per heavy atom. The fraction of sp³-hybridized carbons (Fsp3) is 0.190. The second-order valence-corrected chi connectivity index (χ2v) is 6.98. The monoisotopic (exact) mass is 374 g/mol. The first-order valence-corrected chi connectivity index (χ1v) is 9.18. The van der Waals surface area contributed by atoms with E-state index in [2.05, 4.69) is 19.6 Å². The van der Waals surface area contributed by atoms with Gasteiger partial charge in [-0.3, -0.25) is 4.68 Å². The van der Waals surface area contributed by atoms with Crippen molar-refractivity contribution >= 4 is 23.2 Å². The minimum atomic E-state index is -0.203. The Kier molecular flexibility index (Phi) is 3.93. The number of hydrogen-bond donors (Lipinski definition) is 1. The maximum Gasteiger partial charge on any atom is 0.137 e. The molecular formula is C21H19FN6. The number of aryl methyl sites for hydroxylation is 1. The van der Waals surface area contributed by atoms with Crippen LogP contribution in [0.25, 0.3) is 11.1 Å². The Balaban J connectivity index is 1.77. The first-order chi connectivity index (χ1) is 13.7. The smallest absolute Gasteiger partial charge is 0.137 e. The number of halogens is 1. The van der Waals surface area contributed by atoms with E-state index in [1.54, 1.807) is 10.8 Å². The molecule has 0 bridgehead atoms. The normalized spacial score (nSPS) is 19.7. The number of nitrogens with zero attached hydrogens (tertiary/aromatic N) is 5. The number of aliphatic imine (C=N–C) groups is 1. The summed E-state index contributed by atoms with van der Waals surface area (Å²) in [6.07, 6.45) is 15.7. The molecule has 4 heterocycles. The topological polar surface area (TPSA) is 63.8 Å². The van der Waals surface area contributed by atoms with Gasteiger partial charge in [0.15, 0.2) is 0 Å². The Hall–Kier alpha value is -3.48. The van der Waals surface area contributed by atoms with Crippen LogP contribution in [0.15, 0.2) is 60.0 Å². The Morgan fingerprint density at radius 2 is 2.18 bits per heavy atom. The SMILES string of the molecule is Cn1cc(Cn2cnc(=C3C=CC(F)=CC3)c2=C2CC=Nc3[nH]ccc32)cn1. The van der Waals surface area contributed by atoms with Crippen molar-refractivity contribution in [2.24, 2.45) is 12.0 Å². The van der Waals surface area contributed by atoms with Gasteiger partial charge in [-0.1, -0.05) is 6.08 Å². The molecule has 140 valence electrons. The summed E-state index contributed by atoms with van der Waals surface area (Å²) >= 11 is 0. The maximum atomic E-state index is 13.5. The van der Waals surface area contributed by atoms with Crippen molar-refractivity contribution in [2.45, 2.75) is 19.4 Å². The summed E-state index contributed by atoms with van der Waals surface area (Å²) in [5.41, 5.74) is 4.35. The zero-order valence-electron chi connectivity index (χ0n) is 15.4. The quantitative estimate of drug-likeness (QED) is 0.748. The molecule has 0 radical (unpaired) electrons. The summed E-state index contributed by atoms with van der Waals surface area (Å²) in [4.78, 5) is 12.4. The van der Waals surface area contributed by atoms with E-state index in [1.165, 1.54) is 11.6 Å². The third kappa shape index (κ3) is 2.85. The fourth-order valence-electron chi connectivity index (χ4n) is 3.78. The highest BCUT2D eigenvalue weighted by Gasteiger charge is 2.17. The fourth-order valence-corrected chi connectivity index (χ4v) is 3.78. The zero-order chi connectivity index (χ0) is 19.1. The van der Waals surface area contributed by atoms with E-state index in [0.29, 0.717) is 13.0 Å². The van der Waals surface area contributed by atoms with Crippen molar-refractivity contribution in [2.75, 3.05) is 0 Å². The molecule has 0 saturated carbocycles. The van der Waals surface area contributed by atoms with Crippen molar-refractivity contribution in [3.05, 3.63) is 76.9 Å². The molecule has 6 nitrogen and oxygen atoms in total. The van der Waals surface area contributed by atoms with Gasteiger partial charge in [0, 0.05) is 43.2 Å². The van der Waals surface area contributed by atoms with Crippen LogP contribution >= 0.6 is 0 Å². The molecule has 3 aromatic heterocycles. The summed E-state index contributed by atoms with van der Waals surface area (Å²) in [6.45, 7) is 0.664. The van der Waals surface area contributed by atoms with E-state index in [1.807, 2.05) is 50.3 Å². The molecule has 1 N–H and O–H groups in total. The molecule has 0 aromatic carbocycles. The molecule has 0 atom stereocenters. The van der Waals surface area contributed by atoms with Gasteiger partial charge in [-0.2, -0.15) is 5.10 Å². The second kappa shape index (κ2) is 6.60. The molecule has 0 amide bonds. The first-order valence-electron chi connectivity index (χ1n) is 9.18. The lowest BCUT2D eigenvalue weighted by Crippen LogP contribution is -2.35. The molecule has 0 spiro atoms. The van der Waals surface area contributed by atoms with Gasteiger partial charge in [0.25, 0.3) is 0 Å². The number of nitrogens with one attached hydrogen (secondary N) is 1. The maximum absolute atomic E-state index is 13.5. The van der Waals surface area contributed by atoms with E-state index in [0.717, 1.165) is 39.6 Å². The number of aromatic nitrogens is 5. The summed E-state index contributed by atoms with van der Waals surface area (Å²) in [5.74, 6) is 0.655. The molecule has 2 aliphatic rings. The largest absolute Gasteiger partial charge is 0.346 e. The number of imidazole rings is 1. The molecular weight excluding hydrogens is 355 g/mol. The number of rotatable bonds is 2. The van der Waals surface area contributed by atoms with Crippen LogP contribution in [0.5, 0.6) is 0 Å². The number of H-pyrrole nitrogens is 1. The molecule has 0 fully saturated rings. The van der Waals surface area contributed by atoms with E-state index >= 15 is 0 Å². The van der Waals surface area contributed by atoms with Crippen molar-refractivity contribution in [3.63, 3.8) is 0 Å². The van der Waals surface area contributed by atoms with Crippen molar-refractivity contribution in [3.8, 4) is 0 Å². The van der Waals surface area contributed by atoms with Crippen LogP contribution in [0.2, 0.25) is 0 Å². The van der Waals surface area contributed by atoms with E-state index in [9.17, 15) is 4.39 Å². The van der Waals surface area contributed by atoms with Crippen molar-refractivity contribution in [1.82, 2.24) is 24.3 Å². The number of aromatic amines is 1. The number of fused-ring (bicyclic) bond motifs is 1. The summed E-state index contributed by atoms with van der Waals surface area (Å²) < 4.78 is 17.4. The van der Waals surface area contributed by atoms with Crippen LogP contribution in [-0.2, 0) is 13.6 Å². The number of hydrogen-bond acceptors (Lipinski definition) is 3. The predicted molar refractivity (Wildman–Crippen MR) is 106 cm³/mol. The van der Waals surface area contributed by atoms with E-state index < -0.39 is 0 Å². The predicted octanol–water partition coefficient (Wildman–Crippen LogP) is 2.26. The standard InChI is InChI=1S/C21H19FN6/c1-27-11-14(10-26-27)12-28-13-25-19(15-2-4-16(22)5-3-15)20(28)17-6-8-23-21-18(17)7-9-24-21/h2,4-5,7-11,13,24H,3,6,12H2,1H3. The molecule has 0 saturated heterocycles. The second-order valence-electron chi connectivity index (χ2n) is 6.98. The van der Waals surface area contributed by atoms with Crippen LogP contribution in [0.4, 0.5) is 10.2 Å². The van der Waals surface area contributed by atoms with Gasteiger partial charge in [0.05, 0.1) is 29.8 Å². The van der Waals surface area contributed by atoms with Gasteiger partial charge in [0.2, 0.25) is 0 Å². The first kappa shape index (κ1) is 16.7. The highest BCUT2D eigenvalue weighted by molar-refractivity contribution is 5.88. The van der Waals surface area contributed by atoms with Gasteiger partial charge >= 0.3 is 0 Å². The van der Waals surface area contributed by atoms with Gasteiger partial charge in [-0.25, -0.2) is 14.4 Å². The Labute approximate surface area is 160 Å². The number of allylic oxidation sites excluding steroid dienone is 4. The Morgan fingerprint density at radius 1 is 1.25 bits per heavy atom. The van der Waals surface area contributed by atoms with Gasteiger partial charge in [-0.05, 0) is 35.8 Å². The van der Waals surface area contributed by atoms with Gasteiger partial charge in [-0.15, -0.1) is 0 Å². The highest BCUT2D eigenvalue weighted by Crippen LogP contribution is 2.28. The highest BCUT2D eigenvalue weighted by atomic mass is 19.1. The van der Waals surface area contributed by atoms with Crippen molar-refractivity contribution < 1.29 is 4.39 Å². The molecule has 5 rings (SSSR count). The van der Waals surface area contributed by atoms with Gasteiger partial charge in [0.1, 0.15) is 11.6 Å². The summed E-state index contributed by atoms with van der Waals surface area (Å²) in [6, 6.07) is 2.05. The average molecular weight is 374 g/mol. The summed E-state index contributed by atoms with van der Waals surface area (Å²) in [5, 5.41) is 6.21. The molecule has 28 heavy (non-hydrogen) atoms. The lowest BCUT2D eigenvalue weighted by molar-refractivity contribution is 0.661. The molecule has 0 unspecified atom stereocenters. The van der Waals surface area contributed by atoms with Crippen LogP contribution in [0.3, 0.4) is 0 Å². The van der Waals surface area contributed by atoms with Crippen LogP contribution in [0.1, 0.15) is 24.0 Å². The van der Waals surface area contributed by atoms with Crippen LogP contribution in [0, 0.1) is 0 Å². The molecule has 1 aliphatic carbocycles. The minimum absolute atomic E-state index is 0.203. The minimum Gasteiger partial charge on any atom is -0.346 e. The lowest BCUT2D eigenvalue weighted by Gasteiger charge is -2.11. The van der Waals surface area contributed by atoms with Gasteiger partial charge < -0.3 is 9.55 Å². The molecule has 7 heteroatoms. The van der Waals surface area contributed by atoms with E-state index in [-0.39, 0.29) is 5.83 Å². The lowest BCUT2D eigenvalue weighted by atomic mass is 10.0. The van der Waals surface area contributed by atoms with Crippen LogP contribution < -0.4 is 10.7 Å². The van der Waals surface area contributed by atoms with Crippen molar-refractivity contribution in [1.29, 1.82) is 0 Å². The third-order valence-electron chi connectivity index (χ3n) is 5.07. The molecule has 1 aliphatic heterocycles. The van der Waals surface area contributed by atoms with Crippen LogP contribution in [-0.4, -0.2) is 30.5 Å². The summed E-state index contributed by atoms with van der Waals surface area (Å²) in [7, 11) is 1.91. The average Bonchev–Trinajstić information content (AvgIpc) is 3.42. The Bertz CT molecular complexity index is 1260. The zero-order valence-corrected chi connectivity index (χ0v) is 15.4. The third-order valence-corrected chi connectivity index (χ3v) is 5.07.